The maximum atomic E-state index is 13.0. The molecule has 2 aromatic heterocycles. The fourth-order valence-electron chi connectivity index (χ4n) is 3.65. The SMILES string of the molecule is Cn1cccc1C(=O)N1C[C@H](Oc2ccccn2)[C@H]2OCCC[C@H]21. The summed E-state index contributed by atoms with van der Waals surface area (Å²) in [7, 11) is 1.89. The van der Waals surface area contributed by atoms with Crippen molar-refractivity contribution in [2.24, 2.45) is 7.05 Å². The first-order chi connectivity index (χ1) is 11.7. The first-order valence-electron chi connectivity index (χ1n) is 8.35. The molecule has 2 aromatic rings. The molecule has 0 spiro atoms. The van der Waals surface area contributed by atoms with Crippen LogP contribution in [0.15, 0.2) is 42.7 Å². The molecule has 0 aliphatic carbocycles. The minimum absolute atomic E-state index is 0.0371. The minimum atomic E-state index is -0.186. The molecule has 6 nitrogen and oxygen atoms in total. The largest absolute Gasteiger partial charge is 0.470 e. The van der Waals surface area contributed by atoms with Gasteiger partial charge in [0.1, 0.15) is 17.9 Å². The molecular weight excluding hydrogens is 306 g/mol. The first kappa shape index (κ1) is 15.2. The number of rotatable bonds is 3. The Kier molecular flexibility index (Phi) is 3.98. The van der Waals surface area contributed by atoms with Gasteiger partial charge in [0.15, 0.2) is 0 Å². The molecule has 24 heavy (non-hydrogen) atoms. The Morgan fingerprint density at radius 1 is 1.33 bits per heavy atom. The zero-order valence-corrected chi connectivity index (χ0v) is 13.7. The van der Waals surface area contributed by atoms with E-state index in [1.807, 2.05) is 53.0 Å². The van der Waals surface area contributed by atoms with Crippen molar-refractivity contribution in [3.8, 4) is 5.88 Å². The smallest absolute Gasteiger partial charge is 0.270 e. The topological polar surface area (TPSA) is 56.6 Å². The number of fused-ring (bicyclic) bond motifs is 1. The van der Waals surface area contributed by atoms with E-state index >= 15 is 0 Å². The summed E-state index contributed by atoms with van der Waals surface area (Å²) in [4.78, 5) is 19.1. The summed E-state index contributed by atoms with van der Waals surface area (Å²) in [6, 6.07) is 9.39. The number of aromatic nitrogens is 2. The molecule has 3 atom stereocenters. The van der Waals surface area contributed by atoms with Gasteiger partial charge in [0.25, 0.3) is 5.91 Å². The van der Waals surface area contributed by atoms with Gasteiger partial charge in [-0.05, 0) is 31.0 Å². The number of nitrogens with zero attached hydrogens (tertiary/aromatic N) is 3. The third-order valence-electron chi connectivity index (χ3n) is 4.81. The van der Waals surface area contributed by atoms with E-state index in [2.05, 4.69) is 4.98 Å². The van der Waals surface area contributed by atoms with Crippen LogP contribution in [-0.4, -0.2) is 51.8 Å². The van der Waals surface area contributed by atoms with E-state index in [4.69, 9.17) is 9.47 Å². The molecule has 0 bridgehead atoms. The fraction of sp³-hybridized carbons (Fsp3) is 0.444. The second kappa shape index (κ2) is 6.28. The van der Waals surface area contributed by atoms with Crippen molar-refractivity contribution in [3.05, 3.63) is 48.4 Å². The summed E-state index contributed by atoms with van der Waals surface area (Å²) in [5.41, 5.74) is 0.692. The Balaban J connectivity index is 1.57. The van der Waals surface area contributed by atoms with E-state index in [0.29, 0.717) is 18.1 Å². The molecule has 0 saturated carbocycles. The maximum absolute atomic E-state index is 13.0. The van der Waals surface area contributed by atoms with Crippen LogP contribution in [0.4, 0.5) is 0 Å². The van der Waals surface area contributed by atoms with Crippen molar-refractivity contribution in [2.75, 3.05) is 13.2 Å². The standard InChI is InChI=1S/C18H21N3O3/c1-20-10-4-6-14(20)18(22)21-12-15(17-13(21)7-5-11-23-17)24-16-8-2-3-9-19-16/h2-4,6,8-10,13,15,17H,5,7,11-12H2,1H3/t13-,15+,17+/m1/s1. The molecule has 0 radical (unpaired) electrons. The summed E-state index contributed by atoms with van der Waals surface area (Å²) in [6.07, 6.45) is 5.23. The van der Waals surface area contributed by atoms with Crippen LogP contribution in [0.1, 0.15) is 23.3 Å². The zero-order chi connectivity index (χ0) is 16.5. The highest BCUT2D eigenvalue weighted by Crippen LogP contribution is 2.32. The number of amides is 1. The summed E-state index contributed by atoms with van der Waals surface area (Å²) >= 11 is 0. The van der Waals surface area contributed by atoms with Crippen LogP contribution >= 0.6 is 0 Å². The van der Waals surface area contributed by atoms with Gasteiger partial charge in [-0.1, -0.05) is 6.07 Å². The molecule has 4 heterocycles. The highest BCUT2D eigenvalue weighted by atomic mass is 16.5. The van der Waals surface area contributed by atoms with Gasteiger partial charge < -0.3 is 18.9 Å². The quantitative estimate of drug-likeness (QED) is 0.864. The molecular formula is C18H21N3O3. The third kappa shape index (κ3) is 2.67. The van der Waals surface area contributed by atoms with Gasteiger partial charge in [-0.25, -0.2) is 4.98 Å². The third-order valence-corrected chi connectivity index (χ3v) is 4.81. The van der Waals surface area contributed by atoms with Crippen LogP contribution in [0.5, 0.6) is 5.88 Å². The van der Waals surface area contributed by atoms with Crippen molar-refractivity contribution in [2.45, 2.75) is 31.1 Å². The van der Waals surface area contributed by atoms with Gasteiger partial charge in [-0.3, -0.25) is 4.79 Å². The Hall–Kier alpha value is -2.34. The monoisotopic (exact) mass is 327 g/mol. The van der Waals surface area contributed by atoms with Crippen LogP contribution < -0.4 is 4.74 Å². The summed E-state index contributed by atoms with van der Waals surface area (Å²) in [5, 5.41) is 0. The van der Waals surface area contributed by atoms with E-state index in [0.717, 1.165) is 19.4 Å². The van der Waals surface area contributed by atoms with Crippen LogP contribution in [0, 0.1) is 0 Å². The van der Waals surface area contributed by atoms with Crippen LogP contribution in [0.3, 0.4) is 0 Å². The lowest BCUT2D eigenvalue weighted by atomic mass is 10.0. The van der Waals surface area contributed by atoms with E-state index in [9.17, 15) is 4.79 Å². The summed E-state index contributed by atoms with van der Waals surface area (Å²) < 4.78 is 13.9. The lowest BCUT2D eigenvalue weighted by Crippen LogP contribution is -2.44. The molecule has 0 unspecified atom stereocenters. The van der Waals surface area contributed by atoms with Crippen LogP contribution in [-0.2, 0) is 11.8 Å². The first-order valence-corrected chi connectivity index (χ1v) is 8.35. The molecule has 6 heteroatoms. The van der Waals surface area contributed by atoms with Crippen LogP contribution in [0.2, 0.25) is 0 Å². The number of hydrogen-bond acceptors (Lipinski definition) is 4. The van der Waals surface area contributed by atoms with Crippen molar-refractivity contribution in [1.82, 2.24) is 14.5 Å². The van der Waals surface area contributed by atoms with E-state index < -0.39 is 0 Å². The van der Waals surface area contributed by atoms with Crippen molar-refractivity contribution in [3.63, 3.8) is 0 Å². The average Bonchev–Trinajstić information content (AvgIpc) is 3.20. The van der Waals surface area contributed by atoms with Gasteiger partial charge in [-0.2, -0.15) is 0 Å². The highest BCUT2D eigenvalue weighted by Gasteiger charge is 2.48. The lowest BCUT2D eigenvalue weighted by molar-refractivity contribution is -0.0455. The van der Waals surface area contributed by atoms with Crippen molar-refractivity contribution in [1.29, 1.82) is 0 Å². The van der Waals surface area contributed by atoms with Gasteiger partial charge in [-0.15, -0.1) is 0 Å². The van der Waals surface area contributed by atoms with E-state index in [1.54, 1.807) is 6.20 Å². The second-order valence-electron chi connectivity index (χ2n) is 6.33. The van der Waals surface area contributed by atoms with Gasteiger partial charge in [0.05, 0.1) is 12.6 Å². The molecule has 2 fully saturated rings. The van der Waals surface area contributed by atoms with E-state index in [-0.39, 0.29) is 24.2 Å². The minimum Gasteiger partial charge on any atom is -0.470 e. The number of likely N-dealkylation sites (tertiary alicyclic amines) is 1. The molecule has 126 valence electrons. The lowest BCUT2D eigenvalue weighted by Gasteiger charge is -2.32. The predicted molar refractivity (Wildman–Crippen MR) is 87.9 cm³/mol. The molecule has 4 rings (SSSR count). The van der Waals surface area contributed by atoms with Gasteiger partial charge in [0, 0.05) is 32.1 Å². The molecule has 2 aliphatic rings. The maximum Gasteiger partial charge on any atom is 0.270 e. The number of pyridine rings is 1. The Morgan fingerprint density at radius 3 is 3.00 bits per heavy atom. The van der Waals surface area contributed by atoms with Crippen molar-refractivity contribution >= 4 is 5.91 Å². The number of hydrogen-bond donors (Lipinski definition) is 0. The Bertz CT molecular complexity index is 715. The number of ether oxygens (including phenoxy) is 2. The average molecular weight is 327 g/mol. The summed E-state index contributed by atoms with van der Waals surface area (Å²) in [6.45, 7) is 1.24. The highest BCUT2D eigenvalue weighted by molar-refractivity contribution is 5.93. The van der Waals surface area contributed by atoms with Gasteiger partial charge >= 0.3 is 0 Å². The van der Waals surface area contributed by atoms with Crippen molar-refractivity contribution < 1.29 is 14.3 Å². The molecule has 0 aromatic carbocycles. The number of carbonyl (C=O) groups is 1. The predicted octanol–water partition coefficient (Wildman–Crippen LogP) is 1.87. The number of carbonyl (C=O) groups excluding carboxylic acids is 1. The van der Waals surface area contributed by atoms with Gasteiger partial charge in [0.2, 0.25) is 5.88 Å². The van der Waals surface area contributed by atoms with Crippen LogP contribution in [0.25, 0.3) is 0 Å². The zero-order valence-electron chi connectivity index (χ0n) is 13.7. The van der Waals surface area contributed by atoms with E-state index in [1.165, 1.54) is 0 Å². The molecule has 1 amide bonds. The molecule has 2 aliphatic heterocycles. The normalized spacial score (nSPS) is 26.2. The number of aryl methyl sites for hydroxylation is 1. The summed E-state index contributed by atoms with van der Waals surface area (Å²) in [5.74, 6) is 0.610. The molecule has 0 N–H and O–H groups in total. The fourth-order valence-corrected chi connectivity index (χ4v) is 3.65. The Morgan fingerprint density at radius 2 is 2.25 bits per heavy atom. The Labute approximate surface area is 141 Å². The second-order valence-corrected chi connectivity index (χ2v) is 6.33. The molecule has 2 saturated heterocycles.